The first-order chi connectivity index (χ1) is 17.4. The number of aromatic nitrogens is 1. The van der Waals surface area contributed by atoms with Crippen molar-refractivity contribution in [2.75, 3.05) is 31.1 Å². The second kappa shape index (κ2) is 11.0. The van der Waals surface area contributed by atoms with Gasteiger partial charge in [-0.3, -0.25) is 4.79 Å². The van der Waals surface area contributed by atoms with Crippen LogP contribution < -0.4 is 9.64 Å². The fourth-order valence-electron chi connectivity index (χ4n) is 4.90. The van der Waals surface area contributed by atoms with Crippen molar-refractivity contribution < 1.29 is 24.2 Å². The molecule has 4 rings (SSSR count). The van der Waals surface area contributed by atoms with E-state index in [1.165, 1.54) is 4.90 Å². The van der Waals surface area contributed by atoms with Gasteiger partial charge in [0, 0.05) is 38.2 Å². The number of hydrogen-bond acceptors (Lipinski definition) is 6. The van der Waals surface area contributed by atoms with Crippen LogP contribution in [-0.4, -0.2) is 64.9 Å². The number of hydrogen-bond donors (Lipinski definition) is 1. The number of likely N-dealkylation sites (tertiary alicyclic amines) is 1. The number of amides is 1. The summed E-state index contributed by atoms with van der Waals surface area (Å²) >= 11 is 12.7. The summed E-state index contributed by atoms with van der Waals surface area (Å²) in [7, 11) is 0. The first-order valence-electron chi connectivity index (χ1n) is 12.4. The topological polar surface area (TPSA) is 92.2 Å². The molecular weight excluding hydrogens is 517 g/mol. The number of carbonyl (C=O) groups is 2. The van der Waals surface area contributed by atoms with Gasteiger partial charge in [-0.05, 0) is 63.4 Å². The summed E-state index contributed by atoms with van der Waals surface area (Å²) in [6, 6.07) is 7.52. The first-order valence-corrected chi connectivity index (χ1v) is 13.2. The number of aliphatic carboxylic acids is 1. The molecule has 1 aromatic heterocycles. The molecule has 1 N–H and O–H groups in total. The van der Waals surface area contributed by atoms with E-state index < -0.39 is 23.6 Å². The van der Waals surface area contributed by atoms with Crippen LogP contribution in [0.2, 0.25) is 10.0 Å². The van der Waals surface area contributed by atoms with Crippen molar-refractivity contribution in [1.82, 2.24) is 9.88 Å². The SMILES string of the molecule is Cc1cc(Cl)c(O[C@@H]2CCN(c3ccc([C@H]4CCN(C(=O)OC(C)(C)C)C[C@@H]4C(=O)O)cn3)C2)c(Cl)c1. The van der Waals surface area contributed by atoms with Crippen molar-refractivity contribution in [3.63, 3.8) is 0 Å². The number of nitrogens with zero attached hydrogens (tertiary/aromatic N) is 3. The maximum Gasteiger partial charge on any atom is 0.410 e. The van der Waals surface area contributed by atoms with Crippen LogP contribution in [0.1, 0.15) is 50.7 Å². The van der Waals surface area contributed by atoms with Crippen LogP contribution in [0.4, 0.5) is 10.6 Å². The smallest absolute Gasteiger partial charge is 0.410 e. The van der Waals surface area contributed by atoms with Crippen molar-refractivity contribution in [3.05, 3.63) is 51.6 Å². The number of piperidine rings is 1. The van der Waals surface area contributed by atoms with E-state index in [0.717, 1.165) is 29.9 Å². The molecule has 1 aromatic carbocycles. The Morgan fingerprint density at radius 2 is 1.78 bits per heavy atom. The second-order valence-electron chi connectivity index (χ2n) is 10.7. The first kappa shape index (κ1) is 27.3. The highest BCUT2D eigenvalue weighted by Crippen LogP contribution is 2.37. The molecule has 3 atom stereocenters. The van der Waals surface area contributed by atoms with E-state index >= 15 is 0 Å². The van der Waals surface area contributed by atoms with Crippen molar-refractivity contribution in [1.29, 1.82) is 0 Å². The molecule has 2 aromatic rings. The molecule has 0 radical (unpaired) electrons. The lowest BCUT2D eigenvalue weighted by Crippen LogP contribution is -2.47. The molecule has 10 heteroatoms. The minimum atomic E-state index is -0.935. The molecule has 0 bridgehead atoms. The molecule has 0 unspecified atom stereocenters. The predicted octanol–water partition coefficient (Wildman–Crippen LogP) is 5.78. The zero-order chi connectivity index (χ0) is 26.9. The molecule has 0 saturated carbocycles. The zero-order valence-electron chi connectivity index (χ0n) is 21.5. The summed E-state index contributed by atoms with van der Waals surface area (Å²) in [5.41, 5.74) is 1.19. The van der Waals surface area contributed by atoms with E-state index in [9.17, 15) is 14.7 Å². The van der Waals surface area contributed by atoms with E-state index in [0.29, 0.717) is 35.3 Å². The van der Waals surface area contributed by atoms with Crippen molar-refractivity contribution in [3.8, 4) is 5.75 Å². The van der Waals surface area contributed by atoms with Gasteiger partial charge in [0.2, 0.25) is 0 Å². The highest BCUT2D eigenvalue weighted by atomic mass is 35.5. The average Bonchev–Trinajstić information content (AvgIpc) is 3.29. The number of benzene rings is 1. The van der Waals surface area contributed by atoms with Crippen molar-refractivity contribution in [2.45, 2.75) is 58.2 Å². The number of aryl methyl sites for hydroxylation is 1. The van der Waals surface area contributed by atoms with E-state index in [-0.39, 0.29) is 18.6 Å². The average molecular weight is 550 g/mol. The normalized spacial score (nSPS) is 22.2. The summed E-state index contributed by atoms with van der Waals surface area (Å²) in [4.78, 5) is 32.8. The molecular formula is C27H33Cl2N3O5. The zero-order valence-corrected chi connectivity index (χ0v) is 23.1. The minimum Gasteiger partial charge on any atom is -0.485 e. The Balaban J connectivity index is 1.39. The lowest BCUT2D eigenvalue weighted by atomic mass is 9.81. The summed E-state index contributed by atoms with van der Waals surface area (Å²) in [6.07, 6.45) is 2.52. The third-order valence-corrected chi connectivity index (χ3v) is 7.24. The minimum absolute atomic E-state index is 0.0762. The Morgan fingerprint density at radius 1 is 1.08 bits per heavy atom. The Hall–Kier alpha value is -2.71. The largest absolute Gasteiger partial charge is 0.485 e. The summed E-state index contributed by atoms with van der Waals surface area (Å²) in [6.45, 7) is 9.25. The molecule has 2 aliphatic heterocycles. The fraction of sp³-hybridized carbons (Fsp3) is 0.519. The lowest BCUT2D eigenvalue weighted by molar-refractivity contribution is -0.144. The van der Waals surface area contributed by atoms with Crippen LogP contribution >= 0.6 is 23.2 Å². The Bertz CT molecular complexity index is 1130. The molecule has 8 nitrogen and oxygen atoms in total. The van der Waals surface area contributed by atoms with Crippen LogP contribution in [0.3, 0.4) is 0 Å². The number of rotatable bonds is 5. The van der Waals surface area contributed by atoms with Gasteiger partial charge in [-0.1, -0.05) is 29.3 Å². The van der Waals surface area contributed by atoms with Gasteiger partial charge in [-0.2, -0.15) is 0 Å². The Labute approximate surface area is 227 Å². The Morgan fingerprint density at radius 3 is 2.38 bits per heavy atom. The fourth-order valence-corrected chi connectivity index (χ4v) is 5.58. The highest BCUT2D eigenvalue weighted by Gasteiger charge is 2.38. The third kappa shape index (κ3) is 6.60. The molecule has 1 amide bonds. The number of carboxylic acid groups (broad SMARTS) is 1. The van der Waals surface area contributed by atoms with Crippen LogP contribution in [0, 0.1) is 12.8 Å². The van der Waals surface area contributed by atoms with Gasteiger partial charge in [0.1, 0.15) is 17.5 Å². The van der Waals surface area contributed by atoms with E-state index in [2.05, 4.69) is 9.88 Å². The van der Waals surface area contributed by atoms with Crippen LogP contribution in [-0.2, 0) is 9.53 Å². The summed E-state index contributed by atoms with van der Waals surface area (Å²) in [5.74, 6) is -0.605. The van der Waals surface area contributed by atoms with Gasteiger partial charge in [0.25, 0.3) is 0 Å². The van der Waals surface area contributed by atoms with Gasteiger partial charge in [-0.25, -0.2) is 9.78 Å². The van der Waals surface area contributed by atoms with Gasteiger partial charge < -0.3 is 24.4 Å². The lowest BCUT2D eigenvalue weighted by Gasteiger charge is -2.37. The molecule has 2 aliphatic rings. The molecule has 0 aliphatic carbocycles. The maximum atomic E-state index is 12.5. The number of pyridine rings is 1. The van der Waals surface area contributed by atoms with Crippen molar-refractivity contribution >= 4 is 41.1 Å². The predicted molar refractivity (Wildman–Crippen MR) is 143 cm³/mol. The number of carboxylic acids is 1. The third-order valence-electron chi connectivity index (χ3n) is 6.68. The molecule has 200 valence electrons. The van der Waals surface area contributed by atoms with Gasteiger partial charge >= 0.3 is 12.1 Å². The van der Waals surface area contributed by atoms with E-state index in [4.69, 9.17) is 32.7 Å². The van der Waals surface area contributed by atoms with Crippen molar-refractivity contribution in [2.24, 2.45) is 5.92 Å². The molecule has 2 saturated heterocycles. The van der Waals surface area contributed by atoms with Crippen LogP contribution in [0.15, 0.2) is 30.5 Å². The highest BCUT2D eigenvalue weighted by molar-refractivity contribution is 6.37. The van der Waals surface area contributed by atoms with E-state index in [1.807, 2.05) is 31.2 Å². The quantitative estimate of drug-likeness (QED) is 0.505. The molecule has 37 heavy (non-hydrogen) atoms. The molecule has 0 spiro atoms. The van der Waals surface area contributed by atoms with Gasteiger partial charge in [-0.15, -0.1) is 0 Å². The number of halogens is 2. The van der Waals surface area contributed by atoms with Crippen LogP contribution in [0.25, 0.3) is 0 Å². The van der Waals surface area contributed by atoms with E-state index in [1.54, 1.807) is 27.0 Å². The van der Waals surface area contributed by atoms with Gasteiger partial charge in [0.15, 0.2) is 5.75 Å². The second-order valence-corrected chi connectivity index (χ2v) is 11.6. The summed E-state index contributed by atoms with van der Waals surface area (Å²) in [5, 5.41) is 10.9. The number of carbonyl (C=O) groups excluding carboxylic acids is 1. The van der Waals surface area contributed by atoms with Crippen LogP contribution in [0.5, 0.6) is 5.75 Å². The monoisotopic (exact) mass is 549 g/mol. The molecule has 3 heterocycles. The molecule has 2 fully saturated rings. The number of anilines is 1. The summed E-state index contributed by atoms with van der Waals surface area (Å²) < 4.78 is 11.6. The standard InChI is InChI=1S/C27H33Cl2N3O5/c1-16-11-21(28)24(22(29)12-16)36-18-7-9-31(14-18)23-6-5-17(13-30-23)19-8-10-32(15-20(19)25(33)34)26(35)37-27(2,3)4/h5-6,11-13,18-20H,7-10,14-15H2,1-4H3,(H,33,34)/t18-,19-,20+/m1/s1. The number of ether oxygens (including phenoxy) is 2. The Kier molecular flexibility index (Phi) is 8.09. The maximum absolute atomic E-state index is 12.5. The van der Waals surface area contributed by atoms with Gasteiger partial charge in [0.05, 0.1) is 22.5 Å².